The van der Waals surface area contributed by atoms with Gasteiger partial charge in [-0.2, -0.15) is 0 Å². The maximum Gasteiger partial charge on any atom is 0.146 e. The first-order valence-electron chi connectivity index (χ1n) is 7.37. The second-order valence-electron chi connectivity index (χ2n) is 5.23. The standard InChI is InChI=1S/C17H24N2O2/c1-4-10-18-12-16-8-9-17(21-16)13-20-15-7-5-6-14(11-15)19(2)3/h5-9,11,18H,4,10,12-13H2,1-3H3. The Morgan fingerprint density at radius 1 is 1.14 bits per heavy atom. The molecule has 0 bridgehead atoms. The van der Waals surface area contributed by atoms with Crippen LogP contribution in [0, 0.1) is 0 Å². The number of rotatable bonds is 8. The molecule has 0 aliphatic carbocycles. The van der Waals surface area contributed by atoms with E-state index in [0.29, 0.717) is 6.61 Å². The minimum absolute atomic E-state index is 0.449. The Bertz CT molecular complexity index is 549. The molecular formula is C17H24N2O2. The Kier molecular flexibility index (Phi) is 5.69. The molecule has 1 heterocycles. The third kappa shape index (κ3) is 4.83. The molecule has 0 atom stereocenters. The van der Waals surface area contributed by atoms with E-state index >= 15 is 0 Å². The van der Waals surface area contributed by atoms with Crippen molar-refractivity contribution in [3.05, 3.63) is 47.9 Å². The van der Waals surface area contributed by atoms with Crippen molar-refractivity contribution in [3.63, 3.8) is 0 Å². The second kappa shape index (κ2) is 7.74. The maximum absolute atomic E-state index is 5.78. The van der Waals surface area contributed by atoms with Crippen molar-refractivity contribution in [1.82, 2.24) is 5.32 Å². The lowest BCUT2D eigenvalue weighted by atomic mass is 10.3. The van der Waals surface area contributed by atoms with Crippen molar-refractivity contribution in [2.24, 2.45) is 0 Å². The average molecular weight is 288 g/mol. The van der Waals surface area contributed by atoms with Crippen LogP contribution in [-0.4, -0.2) is 20.6 Å². The maximum atomic E-state index is 5.78. The molecule has 4 nitrogen and oxygen atoms in total. The largest absolute Gasteiger partial charge is 0.486 e. The van der Waals surface area contributed by atoms with Gasteiger partial charge >= 0.3 is 0 Å². The van der Waals surface area contributed by atoms with Gasteiger partial charge in [0.15, 0.2) is 0 Å². The second-order valence-corrected chi connectivity index (χ2v) is 5.23. The molecule has 0 radical (unpaired) electrons. The molecule has 0 aliphatic heterocycles. The third-order valence-electron chi connectivity index (χ3n) is 3.16. The van der Waals surface area contributed by atoms with E-state index in [9.17, 15) is 0 Å². The highest BCUT2D eigenvalue weighted by molar-refractivity contribution is 5.49. The molecule has 0 fully saturated rings. The van der Waals surface area contributed by atoms with Crippen LogP contribution >= 0.6 is 0 Å². The number of hydrogen-bond acceptors (Lipinski definition) is 4. The number of benzene rings is 1. The summed E-state index contributed by atoms with van der Waals surface area (Å²) in [4.78, 5) is 2.05. The van der Waals surface area contributed by atoms with Gasteiger partial charge < -0.3 is 19.4 Å². The van der Waals surface area contributed by atoms with Crippen LogP contribution in [0.25, 0.3) is 0 Å². The fourth-order valence-corrected chi connectivity index (χ4v) is 1.99. The average Bonchev–Trinajstić information content (AvgIpc) is 2.94. The van der Waals surface area contributed by atoms with Gasteiger partial charge in [-0.25, -0.2) is 0 Å². The third-order valence-corrected chi connectivity index (χ3v) is 3.16. The number of furan rings is 1. The summed E-state index contributed by atoms with van der Waals surface area (Å²) in [5.41, 5.74) is 1.12. The van der Waals surface area contributed by atoms with Gasteiger partial charge in [0.25, 0.3) is 0 Å². The van der Waals surface area contributed by atoms with Gasteiger partial charge in [0.2, 0.25) is 0 Å². The highest BCUT2D eigenvalue weighted by atomic mass is 16.5. The first-order chi connectivity index (χ1) is 10.2. The zero-order chi connectivity index (χ0) is 15.1. The Morgan fingerprint density at radius 2 is 1.95 bits per heavy atom. The molecule has 1 N–H and O–H groups in total. The van der Waals surface area contributed by atoms with Crippen LogP contribution in [0.3, 0.4) is 0 Å². The van der Waals surface area contributed by atoms with E-state index in [1.54, 1.807) is 0 Å². The summed E-state index contributed by atoms with van der Waals surface area (Å²) in [6.45, 7) is 4.37. The molecule has 0 spiro atoms. The number of nitrogens with one attached hydrogen (secondary N) is 1. The number of hydrogen-bond donors (Lipinski definition) is 1. The molecular weight excluding hydrogens is 264 g/mol. The first kappa shape index (κ1) is 15.4. The zero-order valence-electron chi connectivity index (χ0n) is 13.1. The van der Waals surface area contributed by atoms with Crippen molar-refractivity contribution in [2.45, 2.75) is 26.5 Å². The van der Waals surface area contributed by atoms with Gasteiger partial charge in [0.1, 0.15) is 23.9 Å². The molecule has 0 saturated heterocycles. The molecule has 4 heteroatoms. The van der Waals surface area contributed by atoms with Crippen molar-refractivity contribution in [1.29, 1.82) is 0 Å². The summed E-state index contributed by atoms with van der Waals surface area (Å²) < 4.78 is 11.5. The predicted octanol–water partition coefficient (Wildman–Crippen LogP) is 3.42. The lowest BCUT2D eigenvalue weighted by Gasteiger charge is -2.13. The summed E-state index contributed by atoms with van der Waals surface area (Å²) in [6.07, 6.45) is 1.12. The van der Waals surface area contributed by atoms with Gasteiger partial charge in [-0.05, 0) is 37.2 Å². The molecule has 2 aromatic rings. The fraction of sp³-hybridized carbons (Fsp3) is 0.412. The van der Waals surface area contributed by atoms with E-state index in [1.807, 2.05) is 44.4 Å². The summed E-state index contributed by atoms with van der Waals surface area (Å²) in [6, 6.07) is 12.0. The van der Waals surface area contributed by atoms with E-state index < -0.39 is 0 Å². The summed E-state index contributed by atoms with van der Waals surface area (Å²) in [5, 5.41) is 3.32. The lowest BCUT2D eigenvalue weighted by Crippen LogP contribution is -2.13. The topological polar surface area (TPSA) is 37.6 Å². The van der Waals surface area contributed by atoms with Crippen molar-refractivity contribution in [3.8, 4) is 5.75 Å². The fourth-order valence-electron chi connectivity index (χ4n) is 1.99. The molecule has 2 rings (SSSR count). The van der Waals surface area contributed by atoms with Gasteiger partial charge in [-0.3, -0.25) is 0 Å². The van der Waals surface area contributed by atoms with Crippen molar-refractivity contribution in [2.75, 3.05) is 25.5 Å². The number of anilines is 1. The lowest BCUT2D eigenvalue weighted by molar-refractivity contribution is 0.265. The Balaban J connectivity index is 1.86. The quantitative estimate of drug-likeness (QED) is 0.755. The van der Waals surface area contributed by atoms with E-state index in [0.717, 1.165) is 42.5 Å². The number of ether oxygens (including phenoxy) is 1. The number of nitrogens with zero attached hydrogens (tertiary/aromatic N) is 1. The SMILES string of the molecule is CCCNCc1ccc(COc2cccc(N(C)C)c2)o1. The van der Waals surface area contributed by atoms with E-state index in [2.05, 4.69) is 23.2 Å². The van der Waals surface area contributed by atoms with Gasteiger partial charge in [0.05, 0.1) is 6.54 Å². The van der Waals surface area contributed by atoms with Gasteiger partial charge in [-0.1, -0.05) is 13.0 Å². The summed E-state index contributed by atoms with van der Waals surface area (Å²) in [5.74, 6) is 2.64. The predicted molar refractivity (Wildman–Crippen MR) is 85.8 cm³/mol. The van der Waals surface area contributed by atoms with Crippen LogP contribution in [0.5, 0.6) is 5.75 Å². The molecule has 0 aliphatic rings. The Morgan fingerprint density at radius 3 is 2.71 bits per heavy atom. The van der Waals surface area contributed by atoms with E-state index in [-0.39, 0.29) is 0 Å². The molecule has 21 heavy (non-hydrogen) atoms. The van der Waals surface area contributed by atoms with Crippen LogP contribution in [0.4, 0.5) is 5.69 Å². The summed E-state index contributed by atoms with van der Waals surface area (Å²) >= 11 is 0. The molecule has 0 saturated carbocycles. The van der Waals surface area contributed by atoms with Crippen LogP contribution in [0.2, 0.25) is 0 Å². The highest BCUT2D eigenvalue weighted by Crippen LogP contribution is 2.20. The molecule has 0 unspecified atom stereocenters. The van der Waals surface area contributed by atoms with Crippen LogP contribution in [0.15, 0.2) is 40.8 Å². The molecule has 1 aromatic heterocycles. The first-order valence-corrected chi connectivity index (χ1v) is 7.37. The normalized spacial score (nSPS) is 10.6. The van der Waals surface area contributed by atoms with Crippen molar-refractivity contribution < 1.29 is 9.15 Å². The van der Waals surface area contributed by atoms with Crippen LogP contribution in [0.1, 0.15) is 24.9 Å². The molecule has 0 amide bonds. The highest BCUT2D eigenvalue weighted by Gasteiger charge is 2.04. The van der Waals surface area contributed by atoms with Crippen LogP contribution < -0.4 is 15.0 Å². The Labute approximate surface area is 126 Å². The smallest absolute Gasteiger partial charge is 0.146 e. The van der Waals surface area contributed by atoms with Gasteiger partial charge in [-0.15, -0.1) is 0 Å². The van der Waals surface area contributed by atoms with Gasteiger partial charge in [0, 0.05) is 25.8 Å². The molecule has 1 aromatic carbocycles. The Hall–Kier alpha value is -1.94. The monoisotopic (exact) mass is 288 g/mol. The van der Waals surface area contributed by atoms with Crippen molar-refractivity contribution >= 4 is 5.69 Å². The minimum Gasteiger partial charge on any atom is -0.486 e. The zero-order valence-corrected chi connectivity index (χ0v) is 13.1. The molecule has 114 valence electrons. The summed E-state index contributed by atoms with van der Waals surface area (Å²) in [7, 11) is 4.03. The minimum atomic E-state index is 0.449. The van der Waals surface area contributed by atoms with E-state index in [4.69, 9.17) is 9.15 Å². The van der Waals surface area contributed by atoms with Crippen LogP contribution in [-0.2, 0) is 13.2 Å². The van der Waals surface area contributed by atoms with E-state index in [1.165, 1.54) is 0 Å².